The molecule has 0 N–H and O–H groups in total. The number of rotatable bonds is 7. The summed E-state index contributed by atoms with van der Waals surface area (Å²) < 4.78 is 11.5. The fraction of sp³-hybridized carbons (Fsp3) is 0.667. The second-order valence-electron chi connectivity index (χ2n) is 7.79. The Morgan fingerprint density at radius 2 is 1.72 bits per heavy atom. The fourth-order valence-electron chi connectivity index (χ4n) is 3.77. The monoisotopic (exact) mass is 347 g/mol. The summed E-state index contributed by atoms with van der Waals surface area (Å²) in [5, 5.41) is 0. The number of benzene rings is 1. The van der Waals surface area contributed by atoms with E-state index in [1.807, 2.05) is 26.0 Å². The summed E-state index contributed by atoms with van der Waals surface area (Å²) in [5.74, 6) is 0.828. The first kappa shape index (κ1) is 19.8. The summed E-state index contributed by atoms with van der Waals surface area (Å²) in [5.41, 5.74) is 0.811. The maximum Gasteiger partial charge on any atom is 0.308 e. The van der Waals surface area contributed by atoms with E-state index in [9.17, 15) is 4.79 Å². The Bertz CT molecular complexity index is 545. The Morgan fingerprint density at radius 3 is 2.20 bits per heavy atom. The topological polar surface area (TPSA) is 38.8 Å². The summed E-state index contributed by atoms with van der Waals surface area (Å²) in [4.78, 5) is 14.7. The molecule has 2 rings (SSSR count). The van der Waals surface area contributed by atoms with Crippen LogP contribution >= 0.6 is 0 Å². The van der Waals surface area contributed by atoms with Crippen molar-refractivity contribution in [2.75, 3.05) is 27.7 Å². The zero-order valence-electron chi connectivity index (χ0n) is 16.4. The molecule has 25 heavy (non-hydrogen) atoms. The highest BCUT2D eigenvalue weighted by molar-refractivity contribution is 5.72. The summed E-state index contributed by atoms with van der Waals surface area (Å²) in [6.07, 6.45) is 5.33. The number of likely N-dealkylation sites (N-methyl/N-ethyl adjacent to an activating group) is 1. The minimum Gasteiger partial charge on any atom is -0.497 e. The van der Waals surface area contributed by atoms with E-state index in [0.717, 1.165) is 38.0 Å². The van der Waals surface area contributed by atoms with Gasteiger partial charge >= 0.3 is 5.97 Å². The van der Waals surface area contributed by atoms with Crippen molar-refractivity contribution in [2.45, 2.75) is 57.5 Å². The normalized spacial score (nSPS) is 18.2. The lowest BCUT2D eigenvalue weighted by Crippen LogP contribution is -2.47. The van der Waals surface area contributed by atoms with Crippen LogP contribution in [0.2, 0.25) is 0 Å². The number of carbonyl (C=O) groups is 1. The van der Waals surface area contributed by atoms with E-state index in [-0.39, 0.29) is 17.8 Å². The molecule has 4 heteroatoms. The Balaban J connectivity index is 2.39. The van der Waals surface area contributed by atoms with Gasteiger partial charge in [-0.05, 0) is 57.5 Å². The lowest BCUT2D eigenvalue weighted by Gasteiger charge is -2.44. The average Bonchev–Trinajstić information content (AvgIpc) is 2.60. The number of hydrogen-bond acceptors (Lipinski definition) is 4. The van der Waals surface area contributed by atoms with E-state index < -0.39 is 5.60 Å². The molecule has 0 heterocycles. The standard InChI is InChI=1S/C21H33NO3/c1-16(2)20(23)25-21(13-7-6-8-14-21)19(15-22(3)4)17-9-11-18(24-5)12-10-17/h9-12,16,19H,6-8,13-15H2,1-5H3. The van der Waals surface area contributed by atoms with Crippen LogP contribution < -0.4 is 4.74 Å². The molecule has 0 aliphatic heterocycles. The molecule has 0 bridgehead atoms. The number of hydrogen-bond donors (Lipinski definition) is 0. The zero-order chi connectivity index (χ0) is 18.4. The summed E-state index contributed by atoms with van der Waals surface area (Å²) in [7, 11) is 5.84. The second kappa shape index (κ2) is 8.70. The number of carbonyl (C=O) groups excluding carboxylic acids is 1. The lowest BCUT2D eigenvalue weighted by molar-refractivity contribution is -0.171. The molecule has 1 unspecified atom stereocenters. The first-order valence-corrected chi connectivity index (χ1v) is 9.39. The maximum atomic E-state index is 12.5. The van der Waals surface area contributed by atoms with Gasteiger partial charge in [0, 0.05) is 12.5 Å². The smallest absolute Gasteiger partial charge is 0.308 e. The molecule has 4 nitrogen and oxygen atoms in total. The predicted octanol–water partition coefficient (Wildman–Crippen LogP) is 4.24. The van der Waals surface area contributed by atoms with E-state index in [2.05, 4.69) is 31.1 Å². The van der Waals surface area contributed by atoms with Crippen molar-refractivity contribution in [3.05, 3.63) is 29.8 Å². The zero-order valence-corrected chi connectivity index (χ0v) is 16.4. The van der Waals surface area contributed by atoms with Crippen LogP contribution in [0.1, 0.15) is 57.4 Å². The number of methoxy groups -OCH3 is 1. The van der Waals surface area contributed by atoms with Crippen molar-refractivity contribution in [1.82, 2.24) is 4.90 Å². The van der Waals surface area contributed by atoms with E-state index in [4.69, 9.17) is 9.47 Å². The van der Waals surface area contributed by atoms with Gasteiger partial charge in [0.15, 0.2) is 0 Å². The lowest BCUT2D eigenvalue weighted by atomic mass is 9.72. The van der Waals surface area contributed by atoms with Crippen molar-refractivity contribution in [1.29, 1.82) is 0 Å². The number of nitrogens with zero attached hydrogens (tertiary/aromatic N) is 1. The highest BCUT2D eigenvalue weighted by Gasteiger charge is 2.44. The third-order valence-corrected chi connectivity index (χ3v) is 5.18. The van der Waals surface area contributed by atoms with Gasteiger partial charge in [0.25, 0.3) is 0 Å². The van der Waals surface area contributed by atoms with E-state index in [0.29, 0.717) is 0 Å². The van der Waals surface area contributed by atoms with Crippen molar-refractivity contribution in [2.24, 2.45) is 5.92 Å². The molecule has 1 aromatic carbocycles. The molecule has 1 aromatic rings. The van der Waals surface area contributed by atoms with Gasteiger partial charge in [0.1, 0.15) is 11.4 Å². The van der Waals surface area contributed by atoms with Gasteiger partial charge in [-0.25, -0.2) is 0 Å². The molecular formula is C21H33NO3. The molecule has 0 spiro atoms. The molecule has 0 saturated heterocycles. The molecule has 1 fully saturated rings. The van der Waals surface area contributed by atoms with E-state index in [1.165, 1.54) is 12.0 Å². The Labute approximate surface area is 152 Å². The highest BCUT2D eigenvalue weighted by atomic mass is 16.6. The van der Waals surface area contributed by atoms with Gasteiger partial charge in [0.2, 0.25) is 0 Å². The minimum absolute atomic E-state index is 0.0841. The largest absolute Gasteiger partial charge is 0.497 e. The van der Waals surface area contributed by atoms with Crippen LogP contribution in [0.3, 0.4) is 0 Å². The van der Waals surface area contributed by atoms with Crippen LogP contribution in [0.5, 0.6) is 5.75 Å². The number of ether oxygens (including phenoxy) is 2. The van der Waals surface area contributed by atoms with Gasteiger partial charge in [-0.3, -0.25) is 4.79 Å². The number of esters is 1. The average molecular weight is 347 g/mol. The molecule has 1 saturated carbocycles. The van der Waals surface area contributed by atoms with Crippen LogP contribution in [-0.4, -0.2) is 44.2 Å². The van der Waals surface area contributed by atoms with E-state index >= 15 is 0 Å². The van der Waals surface area contributed by atoms with Gasteiger partial charge < -0.3 is 14.4 Å². The van der Waals surface area contributed by atoms with Crippen molar-refractivity contribution >= 4 is 5.97 Å². The first-order chi connectivity index (χ1) is 11.9. The van der Waals surface area contributed by atoms with Gasteiger partial charge in [-0.15, -0.1) is 0 Å². The highest BCUT2D eigenvalue weighted by Crippen LogP contribution is 2.44. The third-order valence-electron chi connectivity index (χ3n) is 5.18. The molecule has 0 amide bonds. The molecular weight excluding hydrogens is 314 g/mol. The van der Waals surface area contributed by atoms with Gasteiger partial charge in [0.05, 0.1) is 13.0 Å². The van der Waals surface area contributed by atoms with Crippen LogP contribution in [0.4, 0.5) is 0 Å². The Kier molecular flexibility index (Phi) is 6.88. The van der Waals surface area contributed by atoms with Crippen molar-refractivity contribution in [3.8, 4) is 5.75 Å². The molecule has 140 valence electrons. The van der Waals surface area contributed by atoms with Crippen LogP contribution in [0.25, 0.3) is 0 Å². The van der Waals surface area contributed by atoms with E-state index in [1.54, 1.807) is 7.11 Å². The van der Waals surface area contributed by atoms with Crippen LogP contribution in [-0.2, 0) is 9.53 Å². The van der Waals surface area contributed by atoms with Crippen molar-refractivity contribution in [3.63, 3.8) is 0 Å². The quantitative estimate of drug-likeness (QED) is 0.692. The Hall–Kier alpha value is -1.55. The molecule has 1 aliphatic rings. The van der Waals surface area contributed by atoms with Gasteiger partial charge in [-0.1, -0.05) is 32.4 Å². The van der Waals surface area contributed by atoms with Crippen LogP contribution in [0.15, 0.2) is 24.3 Å². The first-order valence-electron chi connectivity index (χ1n) is 9.39. The summed E-state index contributed by atoms with van der Waals surface area (Å²) in [6, 6.07) is 8.23. The predicted molar refractivity (Wildman–Crippen MR) is 101 cm³/mol. The van der Waals surface area contributed by atoms with Crippen LogP contribution in [0, 0.1) is 5.92 Å². The SMILES string of the molecule is COc1ccc(C(CN(C)C)C2(OC(=O)C(C)C)CCCCC2)cc1. The summed E-state index contributed by atoms with van der Waals surface area (Å²) in [6.45, 7) is 4.68. The summed E-state index contributed by atoms with van der Waals surface area (Å²) >= 11 is 0. The second-order valence-corrected chi connectivity index (χ2v) is 7.79. The molecule has 1 atom stereocenters. The Morgan fingerprint density at radius 1 is 1.12 bits per heavy atom. The van der Waals surface area contributed by atoms with Crippen molar-refractivity contribution < 1.29 is 14.3 Å². The maximum absolute atomic E-state index is 12.5. The molecule has 0 radical (unpaired) electrons. The molecule has 1 aliphatic carbocycles. The minimum atomic E-state index is -0.404. The van der Waals surface area contributed by atoms with Gasteiger partial charge in [-0.2, -0.15) is 0 Å². The fourth-order valence-corrected chi connectivity index (χ4v) is 3.77. The third kappa shape index (κ3) is 4.97. The molecule has 0 aromatic heterocycles.